The number of hydrogen-bond donors (Lipinski definition) is 1. The van der Waals surface area contributed by atoms with Crippen molar-refractivity contribution in [2.75, 3.05) is 12.4 Å². The highest BCUT2D eigenvalue weighted by atomic mass is 16.7. The summed E-state index contributed by atoms with van der Waals surface area (Å²) < 4.78 is 17.7. The van der Waals surface area contributed by atoms with Crippen LogP contribution in [-0.4, -0.2) is 31.3 Å². The summed E-state index contributed by atoms with van der Waals surface area (Å²) in [5.74, 6) is 0.288. The van der Waals surface area contributed by atoms with Gasteiger partial charge in [0, 0.05) is 5.39 Å². The lowest BCUT2D eigenvalue weighted by atomic mass is 9.78. The number of benzene rings is 2. The van der Waals surface area contributed by atoms with Crippen molar-refractivity contribution in [2.24, 2.45) is 0 Å². The average molecular weight is 353 g/mol. The monoisotopic (exact) mass is 353 g/mol. The van der Waals surface area contributed by atoms with Crippen LogP contribution in [0.5, 0.6) is 5.75 Å². The van der Waals surface area contributed by atoms with Crippen molar-refractivity contribution in [2.45, 2.75) is 38.9 Å². The minimum atomic E-state index is -0.474. The highest BCUT2D eigenvalue weighted by molar-refractivity contribution is 6.62. The van der Waals surface area contributed by atoms with E-state index in [1.54, 1.807) is 7.11 Å². The molecule has 1 saturated heterocycles. The highest BCUT2D eigenvalue weighted by Crippen LogP contribution is 2.37. The molecule has 136 valence electrons. The van der Waals surface area contributed by atoms with E-state index in [0.29, 0.717) is 11.4 Å². The predicted molar refractivity (Wildman–Crippen MR) is 105 cm³/mol. The quantitative estimate of drug-likeness (QED) is 0.677. The van der Waals surface area contributed by atoms with Gasteiger partial charge in [-0.25, -0.2) is 0 Å². The predicted octanol–water partition coefficient (Wildman–Crippen LogP) is 3.27. The number of hydrogen-bond acceptors (Lipinski definition) is 4. The van der Waals surface area contributed by atoms with E-state index in [4.69, 9.17) is 14.0 Å². The number of ether oxygens (including phenoxy) is 1. The van der Waals surface area contributed by atoms with E-state index < -0.39 is 18.3 Å². The van der Waals surface area contributed by atoms with Gasteiger partial charge in [-0.15, -0.1) is 0 Å². The Balaban J connectivity index is 2.09. The summed E-state index contributed by atoms with van der Waals surface area (Å²) in [6.07, 6.45) is 1.23. The molecule has 1 aliphatic rings. The Morgan fingerprint density at radius 3 is 2.35 bits per heavy atom. The Morgan fingerprint density at radius 1 is 1.15 bits per heavy atom. The third-order valence-electron chi connectivity index (χ3n) is 5.19. The van der Waals surface area contributed by atoms with Crippen LogP contribution < -0.4 is 15.5 Å². The summed E-state index contributed by atoms with van der Waals surface area (Å²) in [5.41, 5.74) is 0.661. The minimum Gasteiger partial charge on any atom is -0.495 e. The zero-order valence-corrected chi connectivity index (χ0v) is 15.9. The zero-order chi connectivity index (χ0) is 19.1. The number of methoxy groups -OCH3 is 1. The van der Waals surface area contributed by atoms with Crippen LogP contribution in [-0.2, 0) is 14.1 Å². The van der Waals surface area contributed by atoms with Crippen LogP contribution in [0.4, 0.5) is 5.69 Å². The van der Waals surface area contributed by atoms with Crippen LogP contribution >= 0.6 is 0 Å². The highest BCUT2D eigenvalue weighted by Gasteiger charge is 2.51. The first kappa shape index (κ1) is 18.5. The summed E-state index contributed by atoms with van der Waals surface area (Å²) in [6.45, 7) is 11.6. The van der Waals surface area contributed by atoms with Crippen LogP contribution in [0.25, 0.3) is 10.8 Å². The SMILES string of the molecule is C=CC(=O)Nc1c(OC)ccc2ccc(B3OC(C)(C)C(C)(C)O3)cc12. The molecule has 0 radical (unpaired) electrons. The molecular formula is C20H24BNO4. The van der Waals surface area contributed by atoms with Gasteiger partial charge in [0.2, 0.25) is 5.91 Å². The lowest BCUT2D eigenvalue weighted by Gasteiger charge is -2.32. The summed E-state index contributed by atoms with van der Waals surface area (Å²) >= 11 is 0. The van der Waals surface area contributed by atoms with Crippen molar-refractivity contribution in [1.29, 1.82) is 0 Å². The number of nitrogens with one attached hydrogen (secondary N) is 1. The van der Waals surface area contributed by atoms with Crippen LogP contribution in [0.2, 0.25) is 0 Å². The Labute approximate surface area is 154 Å². The number of fused-ring (bicyclic) bond motifs is 1. The maximum Gasteiger partial charge on any atom is 0.494 e. The second-order valence-electron chi connectivity index (χ2n) is 7.41. The van der Waals surface area contributed by atoms with Crippen LogP contribution in [0.15, 0.2) is 43.0 Å². The molecule has 3 rings (SSSR count). The first-order chi connectivity index (χ1) is 12.2. The molecule has 2 aromatic rings. The topological polar surface area (TPSA) is 56.8 Å². The Bertz CT molecular complexity index is 859. The molecule has 0 bridgehead atoms. The van der Waals surface area contributed by atoms with Gasteiger partial charge in [0.25, 0.3) is 0 Å². The molecule has 6 heteroatoms. The van der Waals surface area contributed by atoms with Gasteiger partial charge in [0.05, 0.1) is 24.0 Å². The van der Waals surface area contributed by atoms with Gasteiger partial charge >= 0.3 is 7.12 Å². The molecule has 1 amide bonds. The summed E-state index contributed by atoms with van der Waals surface area (Å²) in [7, 11) is 1.10. The molecule has 2 aromatic carbocycles. The molecule has 1 fully saturated rings. The number of amides is 1. The molecule has 1 heterocycles. The first-order valence-electron chi connectivity index (χ1n) is 8.58. The standard InChI is InChI=1S/C20H24BNO4/c1-7-17(23)22-18-15-12-14(10-8-13(15)9-11-16(18)24-6)21-25-19(2,3)20(4,5)26-21/h7-12H,1H2,2-6H3,(H,22,23). The van der Waals surface area contributed by atoms with E-state index >= 15 is 0 Å². The second-order valence-corrected chi connectivity index (χ2v) is 7.41. The van der Waals surface area contributed by atoms with Crippen molar-refractivity contribution in [1.82, 2.24) is 0 Å². The van der Waals surface area contributed by atoms with E-state index in [9.17, 15) is 4.79 Å². The molecular weight excluding hydrogens is 329 g/mol. The van der Waals surface area contributed by atoms with Crippen molar-refractivity contribution in [3.05, 3.63) is 43.0 Å². The lowest BCUT2D eigenvalue weighted by Crippen LogP contribution is -2.41. The van der Waals surface area contributed by atoms with Gasteiger partial charge in [-0.05, 0) is 50.7 Å². The van der Waals surface area contributed by atoms with E-state index in [2.05, 4.69) is 11.9 Å². The number of carbonyl (C=O) groups excluding carboxylic acids is 1. The van der Waals surface area contributed by atoms with Gasteiger partial charge in [0.1, 0.15) is 5.75 Å². The number of rotatable bonds is 4. The molecule has 0 spiro atoms. The summed E-state index contributed by atoms with van der Waals surface area (Å²) in [4.78, 5) is 11.9. The molecule has 5 nitrogen and oxygen atoms in total. The smallest absolute Gasteiger partial charge is 0.494 e. The fraction of sp³-hybridized carbons (Fsp3) is 0.350. The molecule has 26 heavy (non-hydrogen) atoms. The average Bonchev–Trinajstić information content (AvgIpc) is 2.82. The van der Waals surface area contributed by atoms with Gasteiger partial charge in [0.15, 0.2) is 0 Å². The Morgan fingerprint density at radius 2 is 1.77 bits per heavy atom. The fourth-order valence-corrected chi connectivity index (χ4v) is 2.92. The fourth-order valence-electron chi connectivity index (χ4n) is 2.92. The lowest BCUT2D eigenvalue weighted by molar-refractivity contribution is -0.111. The van der Waals surface area contributed by atoms with E-state index in [1.165, 1.54) is 6.08 Å². The minimum absolute atomic E-state index is 0.295. The second kappa shape index (κ2) is 6.45. The normalized spacial score (nSPS) is 18.0. The van der Waals surface area contributed by atoms with Crippen molar-refractivity contribution >= 4 is 34.9 Å². The van der Waals surface area contributed by atoms with Crippen LogP contribution in [0, 0.1) is 0 Å². The van der Waals surface area contributed by atoms with Gasteiger partial charge in [-0.1, -0.05) is 30.8 Å². The Kier molecular flexibility index (Phi) is 4.59. The molecule has 0 atom stereocenters. The third-order valence-corrected chi connectivity index (χ3v) is 5.19. The molecule has 1 N–H and O–H groups in total. The van der Waals surface area contributed by atoms with Crippen molar-refractivity contribution in [3.63, 3.8) is 0 Å². The summed E-state index contributed by atoms with van der Waals surface area (Å²) in [6, 6.07) is 9.72. The number of anilines is 1. The third kappa shape index (κ3) is 3.11. The van der Waals surface area contributed by atoms with E-state index in [1.807, 2.05) is 58.0 Å². The van der Waals surface area contributed by atoms with Crippen molar-refractivity contribution < 1.29 is 18.8 Å². The van der Waals surface area contributed by atoms with Crippen LogP contribution in [0.1, 0.15) is 27.7 Å². The first-order valence-corrected chi connectivity index (χ1v) is 8.58. The molecule has 0 saturated carbocycles. The van der Waals surface area contributed by atoms with E-state index in [0.717, 1.165) is 16.2 Å². The van der Waals surface area contributed by atoms with E-state index in [-0.39, 0.29) is 5.91 Å². The molecule has 0 aromatic heterocycles. The number of carbonyl (C=O) groups is 1. The molecule has 0 unspecified atom stereocenters. The maximum absolute atomic E-state index is 11.9. The molecule has 1 aliphatic heterocycles. The summed E-state index contributed by atoms with van der Waals surface area (Å²) in [5, 5.41) is 4.67. The van der Waals surface area contributed by atoms with Crippen LogP contribution in [0.3, 0.4) is 0 Å². The van der Waals surface area contributed by atoms with Crippen molar-refractivity contribution in [3.8, 4) is 5.75 Å². The Hall–Kier alpha value is -2.31. The van der Waals surface area contributed by atoms with Gasteiger partial charge < -0.3 is 19.4 Å². The zero-order valence-electron chi connectivity index (χ0n) is 15.9. The van der Waals surface area contributed by atoms with Gasteiger partial charge in [-0.2, -0.15) is 0 Å². The van der Waals surface area contributed by atoms with Gasteiger partial charge in [-0.3, -0.25) is 4.79 Å². The maximum atomic E-state index is 11.9. The molecule has 0 aliphatic carbocycles. The largest absolute Gasteiger partial charge is 0.495 e.